The molecule has 0 amide bonds. The van der Waals surface area contributed by atoms with Gasteiger partial charge in [-0.3, -0.25) is 4.79 Å². The summed E-state index contributed by atoms with van der Waals surface area (Å²) < 4.78 is 0. The Balaban J connectivity index is 2.29. The number of rotatable bonds is 3. The fourth-order valence-electron chi connectivity index (χ4n) is 1.60. The molecule has 0 aliphatic rings. The van der Waals surface area contributed by atoms with Crippen molar-refractivity contribution >= 4 is 39.7 Å². The standard InChI is InChI=1S/C14H16ClN3OS/c1-14(2,3)18-13-17-12(16)11(20-13)10(19)8-4-6-9(15)7-5-8/h4-7H,16H2,1-3H3,(H,17,18). The van der Waals surface area contributed by atoms with E-state index in [4.69, 9.17) is 17.3 Å². The van der Waals surface area contributed by atoms with Crippen LogP contribution in [0.3, 0.4) is 0 Å². The summed E-state index contributed by atoms with van der Waals surface area (Å²) >= 11 is 7.08. The predicted octanol–water partition coefficient (Wildman–Crippen LogP) is 3.82. The number of halogens is 1. The Morgan fingerprint density at radius 2 is 1.90 bits per heavy atom. The molecule has 0 saturated heterocycles. The number of carbonyl (C=O) groups is 1. The Morgan fingerprint density at radius 3 is 2.45 bits per heavy atom. The lowest BCUT2D eigenvalue weighted by Crippen LogP contribution is -2.25. The molecule has 0 radical (unpaired) electrons. The first-order chi connectivity index (χ1) is 9.26. The second-order valence-electron chi connectivity index (χ2n) is 5.44. The van der Waals surface area contributed by atoms with Crippen LogP contribution < -0.4 is 11.1 Å². The van der Waals surface area contributed by atoms with E-state index in [0.29, 0.717) is 20.6 Å². The third-order valence-corrected chi connectivity index (χ3v) is 3.69. The fourth-order valence-corrected chi connectivity index (χ4v) is 2.78. The summed E-state index contributed by atoms with van der Waals surface area (Å²) in [6.45, 7) is 6.06. The molecule has 3 N–H and O–H groups in total. The molecule has 106 valence electrons. The van der Waals surface area contributed by atoms with E-state index in [9.17, 15) is 4.79 Å². The molecule has 1 heterocycles. The van der Waals surface area contributed by atoms with E-state index < -0.39 is 0 Å². The molecule has 4 nitrogen and oxygen atoms in total. The van der Waals surface area contributed by atoms with Crippen LogP contribution in [0.25, 0.3) is 0 Å². The largest absolute Gasteiger partial charge is 0.382 e. The first kappa shape index (κ1) is 14.8. The normalized spacial score (nSPS) is 11.4. The SMILES string of the molecule is CC(C)(C)Nc1nc(N)c(C(=O)c2ccc(Cl)cc2)s1. The molecule has 2 rings (SSSR count). The summed E-state index contributed by atoms with van der Waals surface area (Å²) in [5, 5.41) is 4.45. The number of benzene rings is 1. The van der Waals surface area contributed by atoms with E-state index in [2.05, 4.69) is 10.3 Å². The second-order valence-corrected chi connectivity index (χ2v) is 6.88. The van der Waals surface area contributed by atoms with Crippen LogP contribution in [0.4, 0.5) is 10.9 Å². The lowest BCUT2D eigenvalue weighted by Gasteiger charge is -2.19. The zero-order valence-electron chi connectivity index (χ0n) is 11.5. The van der Waals surface area contributed by atoms with Gasteiger partial charge in [0.05, 0.1) is 0 Å². The Labute approximate surface area is 127 Å². The van der Waals surface area contributed by atoms with Crippen molar-refractivity contribution in [1.82, 2.24) is 4.98 Å². The summed E-state index contributed by atoms with van der Waals surface area (Å²) in [4.78, 5) is 17.0. The molecule has 2 aromatic rings. The molecular weight excluding hydrogens is 294 g/mol. The number of nitrogens with two attached hydrogens (primary N) is 1. The Bertz CT molecular complexity index is 629. The van der Waals surface area contributed by atoms with Gasteiger partial charge in [0.25, 0.3) is 0 Å². The van der Waals surface area contributed by atoms with Gasteiger partial charge >= 0.3 is 0 Å². The summed E-state index contributed by atoms with van der Waals surface area (Å²) in [6, 6.07) is 6.72. The van der Waals surface area contributed by atoms with Crippen molar-refractivity contribution in [2.75, 3.05) is 11.1 Å². The van der Waals surface area contributed by atoms with Crippen LogP contribution in [0.15, 0.2) is 24.3 Å². The summed E-state index contributed by atoms with van der Waals surface area (Å²) in [7, 11) is 0. The van der Waals surface area contributed by atoms with E-state index in [1.165, 1.54) is 11.3 Å². The predicted molar refractivity (Wildman–Crippen MR) is 84.8 cm³/mol. The maximum atomic E-state index is 12.4. The average molecular weight is 310 g/mol. The summed E-state index contributed by atoms with van der Waals surface area (Å²) in [5.74, 6) is 0.111. The molecule has 1 aromatic carbocycles. The van der Waals surface area contributed by atoms with Crippen molar-refractivity contribution in [2.45, 2.75) is 26.3 Å². The lowest BCUT2D eigenvalue weighted by atomic mass is 10.1. The number of carbonyl (C=O) groups excluding carboxylic acids is 1. The molecule has 20 heavy (non-hydrogen) atoms. The van der Waals surface area contributed by atoms with Gasteiger partial charge in [0, 0.05) is 16.1 Å². The highest BCUT2D eigenvalue weighted by Crippen LogP contribution is 2.29. The van der Waals surface area contributed by atoms with Gasteiger partial charge in [0.2, 0.25) is 5.78 Å². The van der Waals surface area contributed by atoms with E-state index in [1.54, 1.807) is 24.3 Å². The molecular formula is C14H16ClN3OS. The van der Waals surface area contributed by atoms with Gasteiger partial charge in [-0.2, -0.15) is 0 Å². The number of hydrogen-bond acceptors (Lipinski definition) is 5. The topological polar surface area (TPSA) is 68.0 Å². The maximum Gasteiger partial charge on any atom is 0.206 e. The van der Waals surface area contributed by atoms with Gasteiger partial charge < -0.3 is 11.1 Å². The maximum absolute atomic E-state index is 12.4. The molecule has 0 spiro atoms. The smallest absolute Gasteiger partial charge is 0.206 e. The number of hydrogen-bond donors (Lipinski definition) is 2. The van der Waals surface area contributed by atoms with Crippen molar-refractivity contribution in [1.29, 1.82) is 0 Å². The first-order valence-corrected chi connectivity index (χ1v) is 7.30. The van der Waals surface area contributed by atoms with Crippen LogP contribution in [0.2, 0.25) is 5.02 Å². The fraction of sp³-hybridized carbons (Fsp3) is 0.286. The van der Waals surface area contributed by atoms with Crippen molar-refractivity contribution in [3.63, 3.8) is 0 Å². The van der Waals surface area contributed by atoms with Crippen molar-refractivity contribution in [3.05, 3.63) is 39.7 Å². The van der Waals surface area contributed by atoms with Gasteiger partial charge in [-0.15, -0.1) is 0 Å². The van der Waals surface area contributed by atoms with Crippen LogP contribution in [0.5, 0.6) is 0 Å². The van der Waals surface area contributed by atoms with Crippen molar-refractivity contribution < 1.29 is 4.79 Å². The third-order valence-electron chi connectivity index (χ3n) is 2.45. The van der Waals surface area contributed by atoms with Gasteiger partial charge in [0.1, 0.15) is 10.7 Å². The van der Waals surface area contributed by atoms with Gasteiger partial charge in [-0.05, 0) is 45.0 Å². The van der Waals surface area contributed by atoms with E-state index in [1.807, 2.05) is 20.8 Å². The van der Waals surface area contributed by atoms with E-state index in [0.717, 1.165) is 0 Å². The van der Waals surface area contributed by atoms with E-state index >= 15 is 0 Å². The number of anilines is 2. The highest BCUT2D eigenvalue weighted by atomic mass is 35.5. The van der Waals surface area contributed by atoms with Crippen LogP contribution in [-0.2, 0) is 0 Å². The molecule has 0 bridgehead atoms. The number of ketones is 1. The minimum atomic E-state index is -0.140. The average Bonchev–Trinajstić information content (AvgIpc) is 2.67. The molecule has 1 aromatic heterocycles. The molecule has 0 atom stereocenters. The zero-order valence-corrected chi connectivity index (χ0v) is 13.1. The Hall–Kier alpha value is -1.59. The minimum Gasteiger partial charge on any atom is -0.382 e. The van der Waals surface area contributed by atoms with Crippen LogP contribution >= 0.6 is 22.9 Å². The zero-order chi connectivity index (χ0) is 14.9. The third kappa shape index (κ3) is 3.49. The summed E-state index contributed by atoms with van der Waals surface area (Å²) in [6.07, 6.45) is 0. The van der Waals surface area contributed by atoms with Crippen LogP contribution in [-0.4, -0.2) is 16.3 Å². The number of nitrogens with one attached hydrogen (secondary N) is 1. The highest BCUT2D eigenvalue weighted by molar-refractivity contribution is 7.18. The first-order valence-electron chi connectivity index (χ1n) is 6.11. The number of aromatic nitrogens is 1. The van der Waals surface area contributed by atoms with Crippen molar-refractivity contribution in [2.24, 2.45) is 0 Å². The molecule has 0 aliphatic heterocycles. The number of thiazole rings is 1. The lowest BCUT2D eigenvalue weighted by molar-refractivity contribution is 0.104. The monoisotopic (exact) mass is 309 g/mol. The van der Waals surface area contributed by atoms with Gasteiger partial charge in [0.15, 0.2) is 5.13 Å². The highest BCUT2D eigenvalue weighted by Gasteiger charge is 2.20. The van der Waals surface area contributed by atoms with Crippen LogP contribution in [0, 0.1) is 0 Å². The van der Waals surface area contributed by atoms with E-state index in [-0.39, 0.29) is 17.1 Å². The van der Waals surface area contributed by atoms with Gasteiger partial charge in [-0.1, -0.05) is 22.9 Å². The second kappa shape index (κ2) is 5.42. The molecule has 6 heteroatoms. The van der Waals surface area contributed by atoms with Gasteiger partial charge in [-0.25, -0.2) is 4.98 Å². The van der Waals surface area contributed by atoms with Crippen molar-refractivity contribution in [3.8, 4) is 0 Å². The Kier molecular flexibility index (Phi) is 4.01. The molecule has 0 fully saturated rings. The quantitative estimate of drug-likeness (QED) is 0.846. The molecule has 0 saturated carbocycles. The molecule has 0 unspecified atom stereocenters. The Morgan fingerprint density at radius 1 is 1.30 bits per heavy atom. The number of nitrogen functional groups attached to an aromatic ring is 1. The number of nitrogens with zero attached hydrogens (tertiary/aromatic N) is 1. The van der Waals surface area contributed by atoms with Crippen LogP contribution in [0.1, 0.15) is 36.0 Å². The molecule has 0 aliphatic carbocycles. The summed E-state index contributed by atoms with van der Waals surface area (Å²) in [5.41, 5.74) is 6.25. The minimum absolute atomic E-state index is 0.134.